The van der Waals surface area contributed by atoms with Crippen LogP contribution in [0, 0.1) is 6.92 Å². The summed E-state index contributed by atoms with van der Waals surface area (Å²) in [6, 6.07) is 1.72. The lowest BCUT2D eigenvalue weighted by molar-refractivity contribution is -0.128. The molecule has 80 valence electrons. The Morgan fingerprint density at radius 2 is 2.33 bits per heavy atom. The molecule has 0 spiro atoms. The van der Waals surface area contributed by atoms with Crippen molar-refractivity contribution in [3.8, 4) is 0 Å². The maximum absolute atomic E-state index is 11.4. The number of rotatable bonds is 2. The van der Waals surface area contributed by atoms with Gasteiger partial charge in [0.1, 0.15) is 11.6 Å². The number of nitrogens with two attached hydrogens (primary N) is 1. The largest absolute Gasteiger partial charge is 0.384 e. The van der Waals surface area contributed by atoms with Gasteiger partial charge in [-0.25, -0.2) is 9.97 Å². The van der Waals surface area contributed by atoms with Gasteiger partial charge in [-0.2, -0.15) is 0 Å². The van der Waals surface area contributed by atoms with E-state index in [2.05, 4.69) is 9.97 Å². The smallest absolute Gasteiger partial charge is 0.223 e. The fraction of sp³-hybridized carbons (Fsp3) is 0.500. The number of aryl methyl sites for hydroxylation is 1. The number of carbonyl (C=O) groups excluding carboxylic acids is 1. The minimum absolute atomic E-state index is 0.179. The molecule has 1 aromatic rings. The van der Waals surface area contributed by atoms with E-state index >= 15 is 0 Å². The second-order valence-electron chi connectivity index (χ2n) is 3.77. The highest BCUT2D eigenvalue weighted by molar-refractivity contribution is 5.77. The highest BCUT2D eigenvalue weighted by Gasteiger charge is 2.21. The predicted molar refractivity (Wildman–Crippen MR) is 55.8 cm³/mol. The summed E-state index contributed by atoms with van der Waals surface area (Å²) in [7, 11) is 0. The SMILES string of the molecule is Cc1cc(N)nc(CN2CCCC2=O)n1. The molecular formula is C10H14N4O. The standard InChI is InChI=1S/C10H14N4O/c1-7-5-8(11)13-9(12-7)6-14-4-2-3-10(14)15/h5H,2-4,6H2,1H3,(H2,11,12,13). The van der Waals surface area contributed by atoms with E-state index in [9.17, 15) is 4.79 Å². The number of nitrogen functional groups attached to an aromatic ring is 1. The van der Waals surface area contributed by atoms with E-state index in [1.807, 2.05) is 6.92 Å². The summed E-state index contributed by atoms with van der Waals surface area (Å²) >= 11 is 0. The van der Waals surface area contributed by atoms with Crippen molar-refractivity contribution in [2.75, 3.05) is 12.3 Å². The Labute approximate surface area is 88.3 Å². The molecule has 0 saturated carbocycles. The molecule has 1 aromatic heterocycles. The van der Waals surface area contributed by atoms with Crippen molar-refractivity contribution >= 4 is 11.7 Å². The van der Waals surface area contributed by atoms with Crippen molar-refractivity contribution in [3.63, 3.8) is 0 Å². The van der Waals surface area contributed by atoms with E-state index < -0.39 is 0 Å². The zero-order valence-electron chi connectivity index (χ0n) is 8.73. The first kappa shape index (κ1) is 9.89. The third-order valence-electron chi connectivity index (χ3n) is 2.42. The van der Waals surface area contributed by atoms with Gasteiger partial charge in [0, 0.05) is 24.7 Å². The van der Waals surface area contributed by atoms with E-state index in [1.165, 1.54) is 0 Å². The Kier molecular flexibility index (Phi) is 2.53. The fourth-order valence-electron chi connectivity index (χ4n) is 1.77. The molecule has 1 fully saturated rings. The van der Waals surface area contributed by atoms with Crippen molar-refractivity contribution in [1.29, 1.82) is 0 Å². The molecule has 15 heavy (non-hydrogen) atoms. The lowest BCUT2D eigenvalue weighted by atomic mass is 10.4. The number of nitrogens with zero attached hydrogens (tertiary/aromatic N) is 3. The number of hydrogen-bond acceptors (Lipinski definition) is 4. The molecule has 0 aliphatic carbocycles. The van der Waals surface area contributed by atoms with E-state index in [-0.39, 0.29) is 5.91 Å². The average molecular weight is 206 g/mol. The summed E-state index contributed by atoms with van der Waals surface area (Å²) in [5, 5.41) is 0. The first-order chi connectivity index (χ1) is 7.15. The van der Waals surface area contributed by atoms with E-state index in [1.54, 1.807) is 11.0 Å². The van der Waals surface area contributed by atoms with Crippen LogP contribution in [0.15, 0.2) is 6.07 Å². The van der Waals surface area contributed by atoms with Crippen LogP contribution in [0.4, 0.5) is 5.82 Å². The van der Waals surface area contributed by atoms with Crippen molar-refractivity contribution in [2.24, 2.45) is 0 Å². The molecule has 2 rings (SSSR count). The molecule has 1 aliphatic heterocycles. The van der Waals surface area contributed by atoms with Crippen LogP contribution >= 0.6 is 0 Å². The minimum atomic E-state index is 0.179. The predicted octanol–water partition coefficient (Wildman–Crippen LogP) is 0.490. The van der Waals surface area contributed by atoms with Gasteiger partial charge in [-0.3, -0.25) is 4.79 Å². The molecule has 5 nitrogen and oxygen atoms in total. The molecule has 1 saturated heterocycles. The molecule has 0 bridgehead atoms. The molecule has 0 aromatic carbocycles. The zero-order valence-corrected chi connectivity index (χ0v) is 8.73. The van der Waals surface area contributed by atoms with Crippen molar-refractivity contribution in [1.82, 2.24) is 14.9 Å². The summed E-state index contributed by atoms with van der Waals surface area (Å²) < 4.78 is 0. The monoisotopic (exact) mass is 206 g/mol. The topological polar surface area (TPSA) is 72.1 Å². The number of hydrogen-bond donors (Lipinski definition) is 1. The molecule has 2 N–H and O–H groups in total. The van der Waals surface area contributed by atoms with Gasteiger partial charge in [-0.1, -0.05) is 0 Å². The van der Waals surface area contributed by atoms with Crippen LogP contribution in [0.1, 0.15) is 24.4 Å². The third kappa shape index (κ3) is 2.23. The molecule has 1 amide bonds. The maximum atomic E-state index is 11.4. The maximum Gasteiger partial charge on any atom is 0.223 e. The van der Waals surface area contributed by atoms with Crippen LogP contribution < -0.4 is 5.73 Å². The Balaban J connectivity index is 2.13. The summed E-state index contributed by atoms with van der Waals surface area (Å²) in [6.07, 6.45) is 1.57. The van der Waals surface area contributed by atoms with Crippen molar-refractivity contribution in [3.05, 3.63) is 17.6 Å². The Morgan fingerprint density at radius 3 is 2.93 bits per heavy atom. The van der Waals surface area contributed by atoms with Gasteiger partial charge < -0.3 is 10.6 Å². The summed E-state index contributed by atoms with van der Waals surface area (Å²) in [6.45, 7) is 3.15. The Morgan fingerprint density at radius 1 is 1.53 bits per heavy atom. The number of amides is 1. The summed E-state index contributed by atoms with van der Waals surface area (Å²) in [4.78, 5) is 21.5. The molecular weight excluding hydrogens is 192 g/mol. The average Bonchev–Trinajstić information content (AvgIpc) is 2.50. The summed E-state index contributed by atoms with van der Waals surface area (Å²) in [5.74, 6) is 1.27. The number of aromatic nitrogens is 2. The highest BCUT2D eigenvalue weighted by Crippen LogP contribution is 2.13. The van der Waals surface area contributed by atoms with Crippen molar-refractivity contribution < 1.29 is 4.79 Å². The molecule has 0 atom stereocenters. The van der Waals surface area contributed by atoms with Crippen LogP contribution in [0.5, 0.6) is 0 Å². The number of anilines is 1. The lowest BCUT2D eigenvalue weighted by Gasteiger charge is -2.14. The van der Waals surface area contributed by atoms with E-state index in [4.69, 9.17) is 5.73 Å². The number of likely N-dealkylation sites (tertiary alicyclic amines) is 1. The first-order valence-electron chi connectivity index (χ1n) is 5.03. The normalized spacial score (nSPS) is 16.1. The highest BCUT2D eigenvalue weighted by atomic mass is 16.2. The minimum Gasteiger partial charge on any atom is -0.384 e. The molecule has 1 aliphatic rings. The van der Waals surface area contributed by atoms with E-state index in [0.717, 1.165) is 18.7 Å². The molecule has 2 heterocycles. The zero-order chi connectivity index (χ0) is 10.8. The fourth-order valence-corrected chi connectivity index (χ4v) is 1.77. The van der Waals surface area contributed by atoms with Crippen LogP contribution in [-0.2, 0) is 11.3 Å². The van der Waals surface area contributed by atoms with Gasteiger partial charge in [-0.05, 0) is 13.3 Å². The van der Waals surface area contributed by atoms with Gasteiger partial charge in [0.25, 0.3) is 0 Å². The first-order valence-corrected chi connectivity index (χ1v) is 5.03. The molecule has 5 heteroatoms. The van der Waals surface area contributed by atoms with Crippen LogP contribution in [0.25, 0.3) is 0 Å². The quantitative estimate of drug-likeness (QED) is 0.764. The molecule has 0 radical (unpaired) electrons. The van der Waals surface area contributed by atoms with Gasteiger partial charge in [0.2, 0.25) is 5.91 Å². The van der Waals surface area contributed by atoms with Crippen molar-refractivity contribution in [2.45, 2.75) is 26.3 Å². The van der Waals surface area contributed by atoms with Gasteiger partial charge >= 0.3 is 0 Å². The third-order valence-corrected chi connectivity index (χ3v) is 2.42. The lowest BCUT2D eigenvalue weighted by Crippen LogP contribution is -2.25. The van der Waals surface area contributed by atoms with Crippen LogP contribution in [-0.4, -0.2) is 27.3 Å². The van der Waals surface area contributed by atoms with Crippen LogP contribution in [0.3, 0.4) is 0 Å². The molecule has 0 unspecified atom stereocenters. The van der Waals surface area contributed by atoms with Crippen LogP contribution in [0.2, 0.25) is 0 Å². The van der Waals surface area contributed by atoms with Gasteiger partial charge in [0.15, 0.2) is 0 Å². The van der Waals surface area contributed by atoms with Gasteiger partial charge in [-0.15, -0.1) is 0 Å². The number of carbonyl (C=O) groups is 1. The second-order valence-corrected chi connectivity index (χ2v) is 3.77. The second kappa shape index (κ2) is 3.84. The Bertz CT molecular complexity index is 371. The summed E-state index contributed by atoms with van der Waals surface area (Å²) in [5.41, 5.74) is 6.45. The Hall–Kier alpha value is -1.65. The van der Waals surface area contributed by atoms with Gasteiger partial charge in [0.05, 0.1) is 6.54 Å². The van der Waals surface area contributed by atoms with E-state index in [0.29, 0.717) is 24.6 Å².